The highest BCUT2D eigenvalue weighted by Gasteiger charge is 2.23. The van der Waals surface area contributed by atoms with Crippen LogP contribution >= 0.6 is 0 Å². The van der Waals surface area contributed by atoms with E-state index in [1.165, 1.54) is 0 Å². The van der Waals surface area contributed by atoms with Crippen LogP contribution in [0.3, 0.4) is 0 Å². The number of amides is 1. The number of pyridine rings is 1. The normalized spacial score (nSPS) is 17.7. The number of rotatable bonds is 5. The van der Waals surface area contributed by atoms with Gasteiger partial charge < -0.3 is 9.73 Å². The van der Waals surface area contributed by atoms with Crippen molar-refractivity contribution in [2.75, 3.05) is 0 Å². The zero-order valence-corrected chi connectivity index (χ0v) is 13.9. The molecule has 1 amide bonds. The Bertz CT molecular complexity index is 865. The molecule has 0 spiro atoms. The molecule has 1 N–H and O–H groups in total. The second-order valence-corrected chi connectivity index (χ2v) is 6.44. The lowest BCUT2D eigenvalue weighted by Gasteiger charge is -2.18. The van der Waals surface area contributed by atoms with Crippen molar-refractivity contribution >= 4 is 16.9 Å². The van der Waals surface area contributed by atoms with E-state index in [2.05, 4.69) is 22.5 Å². The van der Waals surface area contributed by atoms with Gasteiger partial charge in [-0.2, -0.15) is 0 Å². The first kappa shape index (κ1) is 15.6. The predicted octanol–water partition coefficient (Wildman–Crippen LogP) is 4.39. The number of fused-ring (bicyclic) bond motifs is 1. The van der Waals surface area contributed by atoms with Crippen LogP contribution in [0, 0.1) is 5.92 Å². The van der Waals surface area contributed by atoms with Crippen LogP contribution < -0.4 is 5.32 Å². The fourth-order valence-corrected chi connectivity index (χ4v) is 3.33. The molecular formula is C21H20N2O2. The topological polar surface area (TPSA) is 55.1 Å². The largest absolute Gasteiger partial charge is 0.459 e. The Morgan fingerprint density at radius 1 is 1.28 bits per heavy atom. The highest BCUT2D eigenvalue weighted by molar-refractivity contribution is 5.80. The molecule has 0 aliphatic heterocycles. The number of furan rings is 1. The molecule has 2 atom stereocenters. The monoisotopic (exact) mass is 332 g/mol. The summed E-state index contributed by atoms with van der Waals surface area (Å²) in [6.07, 6.45) is 10.4. The molecule has 1 aliphatic rings. The van der Waals surface area contributed by atoms with Crippen molar-refractivity contribution < 1.29 is 9.21 Å². The van der Waals surface area contributed by atoms with E-state index in [4.69, 9.17) is 4.42 Å². The number of nitrogens with zero attached hydrogens (tertiary/aromatic N) is 1. The molecule has 3 aromatic rings. The Hall–Kier alpha value is -2.88. The van der Waals surface area contributed by atoms with Crippen molar-refractivity contribution in [3.05, 3.63) is 78.3 Å². The van der Waals surface area contributed by atoms with E-state index in [1.54, 1.807) is 12.4 Å². The molecular weight excluding hydrogens is 312 g/mol. The second-order valence-electron chi connectivity index (χ2n) is 6.44. The first-order chi connectivity index (χ1) is 12.3. The molecule has 0 radical (unpaired) electrons. The summed E-state index contributed by atoms with van der Waals surface area (Å²) in [4.78, 5) is 16.8. The van der Waals surface area contributed by atoms with Crippen molar-refractivity contribution in [2.45, 2.75) is 25.3 Å². The lowest BCUT2D eigenvalue weighted by atomic mass is 10.0. The summed E-state index contributed by atoms with van der Waals surface area (Å²) in [7, 11) is 0. The molecule has 4 heteroatoms. The zero-order valence-electron chi connectivity index (χ0n) is 13.9. The van der Waals surface area contributed by atoms with Gasteiger partial charge in [-0.15, -0.1) is 0 Å². The molecule has 126 valence electrons. The molecule has 1 aliphatic carbocycles. The van der Waals surface area contributed by atoms with Crippen LogP contribution in [0.4, 0.5) is 0 Å². The Morgan fingerprint density at radius 2 is 2.20 bits per heavy atom. The summed E-state index contributed by atoms with van der Waals surface area (Å²) in [5, 5.41) is 4.16. The maximum Gasteiger partial charge on any atom is 0.221 e. The number of para-hydroxylation sites is 1. The lowest BCUT2D eigenvalue weighted by molar-refractivity contribution is -0.122. The van der Waals surface area contributed by atoms with Gasteiger partial charge in [0.15, 0.2) is 0 Å². The standard InChI is InChI=1S/C21H20N2O2/c24-20(12-15-6-1-2-7-15)23-21(17-9-5-11-22-14-17)19-13-16-8-3-4-10-18(16)25-19/h1,3-6,8-11,13-15,21H,2,7,12H2,(H,23,24). The van der Waals surface area contributed by atoms with Gasteiger partial charge in [-0.3, -0.25) is 9.78 Å². The van der Waals surface area contributed by atoms with Crippen molar-refractivity contribution in [3.63, 3.8) is 0 Å². The number of benzene rings is 1. The molecule has 0 saturated carbocycles. The van der Waals surface area contributed by atoms with Gasteiger partial charge in [0.25, 0.3) is 0 Å². The molecule has 0 fully saturated rings. The molecule has 0 bridgehead atoms. The highest BCUT2D eigenvalue weighted by Crippen LogP contribution is 2.28. The van der Waals surface area contributed by atoms with Crippen LogP contribution in [-0.4, -0.2) is 10.9 Å². The van der Waals surface area contributed by atoms with E-state index in [9.17, 15) is 4.79 Å². The van der Waals surface area contributed by atoms with Gasteiger partial charge in [-0.05, 0) is 37.0 Å². The summed E-state index contributed by atoms with van der Waals surface area (Å²) in [5.41, 5.74) is 1.73. The Morgan fingerprint density at radius 3 is 2.96 bits per heavy atom. The summed E-state index contributed by atoms with van der Waals surface area (Å²) in [6.45, 7) is 0. The molecule has 2 unspecified atom stereocenters. The van der Waals surface area contributed by atoms with Crippen LogP contribution in [0.1, 0.15) is 36.6 Å². The SMILES string of the molecule is O=C(CC1C=CCC1)NC(c1cccnc1)c1cc2ccccc2o1. The Kier molecular flexibility index (Phi) is 4.34. The van der Waals surface area contributed by atoms with E-state index >= 15 is 0 Å². The third kappa shape index (κ3) is 3.48. The van der Waals surface area contributed by atoms with Crippen LogP contribution in [0.2, 0.25) is 0 Å². The van der Waals surface area contributed by atoms with E-state index in [0.717, 1.165) is 35.1 Å². The lowest BCUT2D eigenvalue weighted by Crippen LogP contribution is -2.30. The predicted molar refractivity (Wildman–Crippen MR) is 96.9 cm³/mol. The van der Waals surface area contributed by atoms with Gasteiger partial charge in [0.2, 0.25) is 5.91 Å². The first-order valence-corrected chi connectivity index (χ1v) is 8.64. The Balaban J connectivity index is 1.62. The number of carbonyl (C=O) groups is 1. The maximum atomic E-state index is 12.6. The number of aromatic nitrogens is 1. The average molecular weight is 332 g/mol. The van der Waals surface area contributed by atoms with E-state index in [0.29, 0.717) is 12.3 Å². The first-order valence-electron chi connectivity index (χ1n) is 8.64. The summed E-state index contributed by atoms with van der Waals surface area (Å²) >= 11 is 0. The van der Waals surface area contributed by atoms with Crippen molar-refractivity contribution in [3.8, 4) is 0 Å². The minimum Gasteiger partial charge on any atom is -0.459 e. The van der Waals surface area contributed by atoms with E-state index in [1.807, 2.05) is 42.5 Å². The molecule has 2 aromatic heterocycles. The van der Waals surface area contributed by atoms with Crippen LogP contribution in [-0.2, 0) is 4.79 Å². The molecule has 4 rings (SSSR count). The number of hydrogen-bond acceptors (Lipinski definition) is 3. The third-order valence-electron chi connectivity index (χ3n) is 4.61. The molecule has 1 aromatic carbocycles. The quantitative estimate of drug-likeness (QED) is 0.705. The van der Waals surface area contributed by atoms with Crippen LogP contribution in [0.5, 0.6) is 0 Å². The molecule has 0 saturated heterocycles. The van der Waals surface area contributed by atoms with Crippen molar-refractivity contribution in [2.24, 2.45) is 5.92 Å². The number of nitrogens with one attached hydrogen (secondary N) is 1. The summed E-state index contributed by atoms with van der Waals surface area (Å²) < 4.78 is 6.00. The minimum atomic E-state index is -0.334. The van der Waals surface area contributed by atoms with Gasteiger partial charge in [-0.25, -0.2) is 0 Å². The average Bonchev–Trinajstić information content (AvgIpc) is 3.29. The van der Waals surface area contributed by atoms with Gasteiger partial charge in [-0.1, -0.05) is 36.4 Å². The molecule has 4 nitrogen and oxygen atoms in total. The van der Waals surface area contributed by atoms with E-state index < -0.39 is 0 Å². The van der Waals surface area contributed by atoms with Gasteiger partial charge >= 0.3 is 0 Å². The molecule has 2 heterocycles. The highest BCUT2D eigenvalue weighted by atomic mass is 16.3. The second kappa shape index (κ2) is 6.93. The number of carbonyl (C=O) groups excluding carboxylic acids is 1. The van der Waals surface area contributed by atoms with Crippen molar-refractivity contribution in [1.82, 2.24) is 10.3 Å². The molecule has 25 heavy (non-hydrogen) atoms. The zero-order chi connectivity index (χ0) is 17.1. The van der Waals surface area contributed by atoms with Gasteiger partial charge in [0.05, 0.1) is 0 Å². The fraction of sp³-hybridized carbons (Fsp3) is 0.238. The Labute approximate surface area is 146 Å². The third-order valence-corrected chi connectivity index (χ3v) is 4.61. The van der Waals surface area contributed by atoms with E-state index in [-0.39, 0.29) is 11.9 Å². The minimum absolute atomic E-state index is 0.0332. The van der Waals surface area contributed by atoms with Gasteiger partial charge in [0, 0.05) is 29.8 Å². The fourth-order valence-electron chi connectivity index (χ4n) is 3.33. The van der Waals surface area contributed by atoms with Crippen molar-refractivity contribution in [1.29, 1.82) is 0 Å². The smallest absolute Gasteiger partial charge is 0.221 e. The van der Waals surface area contributed by atoms with Crippen LogP contribution in [0.15, 0.2) is 71.4 Å². The number of hydrogen-bond donors (Lipinski definition) is 1. The number of allylic oxidation sites excluding steroid dienone is 2. The summed E-state index contributed by atoms with van der Waals surface area (Å²) in [5.74, 6) is 1.10. The maximum absolute atomic E-state index is 12.6. The van der Waals surface area contributed by atoms with Crippen LogP contribution in [0.25, 0.3) is 11.0 Å². The van der Waals surface area contributed by atoms with Gasteiger partial charge in [0.1, 0.15) is 17.4 Å². The summed E-state index contributed by atoms with van der Waals surface area (Å²) in [6, 6.07) is 13.3.